The minimum absolute atomic E-state index is 0.519. The van der Waals surface area contributed by atoms with Crippen LogP contribution in [0.4, 0.5) is 0 Å². The Morgan fingerprint density at radius 3 is 2.80 bits per heavy atom. The summed E-state index contributed by atoms with van der Waals surface area (Å²) in [5.41, 5.74) is 9.84. The van der Waals surface area contributed by atoms with Crippen LogP contribution in [0.15, 0.2) is 36.8 Å². The van der Waals surface area contributed by atoms with Gasteiger partial charge in [0, 0.05) is 36.4 Å². The Morgan fingerprint density at radius 2 is 2.07 bits per heavy atom. The maximum Gasteiger partial charge on any atom is 0.0378 e. The van der Waals surface area contributed by atoms with Crippen molar-refractivity contribution in [2.75, 3.05) is 0 Å². The predicted octanol–water partition coefficient (Wildman–Crippen LogP) is 1.91. The molecule has 0 aliphatic rings. The van der Waals surface area contributed by atoms with Crippen LogP contribution in [0.1, 0.15) is 11.3 Å². The van der Waals surface area contributed by atoms with E-state index in [9.17, 15) is 0 Å². The molecule has 0 aromatic carbocycles. The van der Waals surface area contributed by atoms with E-state index in [2.05, 4.69) is 16.0 Å². The van der Waals surface area contributed by atoms with E-state index in [0.717, 1.165) is 22.4 Å². The van der Waals surface area contributed by atoms with Crippen molar-refractivity contribution in [3.05, 3.63) is 48.0 Å². The Bertz CT molecular complexity index is 466. The van der Waals surface area contributed by atoms with E-state index in [4.69, 9.17) is 5.73 Å². The molecule has 0 saturated carbocycles. The monoisotopic (exact) mass is 199 g/mol. The number of nitrogens with zero attached hydrogens (tertiary/aromatic N) is 2. The van der Waals surface area contributed by atoms with Crippen molar-refractivity contribution in [2.24, 2.45) is 5.73 Å². The van der Waals surface area contributed by atoms with Gasteiger partial charge in [-0.05, 0) is 36.2 Å². The molecule has 2 aromatic rings. The van der Waals surface area contributed by atoms with Crippen LogP contribution in [-0.2, 0) is 6.54 Å². The van der Waals surface area contributed by atoms with E-state index >= 15 is 0 Å². The molecule has 3 nitrogen and oxygen atoms in total. The molecule has 0 fully saturated rings. The summed E-state index contributed by atoms with van der Waals surface area (Å²) >= 11 is 0. The van der Waals surface area contributed by atoms with Crippen LogP contribution < -0.4 is 5.73 Å². The Balaban J connectivity index is 2.44. The predicted molar refractivity (Wildman–Crippen MR) is 60.1 cm³/mol. The van der Waals surface area contributed by atoms with E-state index in [-0.39, 0.29) is 0 Å². The summed E-state index contributed by atoms with van der Waals surface area (Å²) in [5.74, 6) is 0. The van der Waals surface area contributed by atoms with Crippen molar-refractivity contribution in [1.29, 1.82) is 0 Å². The van der Waals surface area contributed by atoms with Crippen molar-refractivity contribution in [3.8, 4) is 11.1 Å². The molecule has 0 saturated heterocycles. The fraction of sp³-hybridized carbons (Fsp3) is 0.167. The topological polar surface area (TPSA) is 51.8 Å². The van der Waals surface area contributed by atoms with Gasteiger partial charge in [-0.3, -0.25) is 9.97 Å². The standard InChI is InChI=1S/C12H13N3/c1-9-4-11(2-3-15-9)12-5-10(6-13)7-14-8-12/h2-5,7-8H,6,13H2,1H3. The molecule has 2 rings (SSSR count). The van der Waals surface area contributed by atoms with Gasteiger partial charge in [0.05, 0.1) is 0 Å². The molecule has 0 radical (unpaired) electrons. The molecule has 0 unspecified atom stereocenters. The van der Waals surface area contributed by atoms with Gasteiger partial charge in [0.15, 0.2) is 0 Å². The highest BCUT2D eigenvalue weighted by atomic mass is 14.7. The molecule has 76 valence electrons. The fourth-order valence-corrected chi connectivity index (χ4v) is 1.48. The minimum Gasteiger partial charge on any atom is -0.326 e. The van der Waals surface area contributed by atoms with E-state index in [0.29, 0.717) is 6.54 Å². The van der Waals surface area contributed by atoms with Gasteiger partial charge in [-0.25, -0.2) is 0 Å². The van der Waals surface area contributed by atoms with Crippen LogP contribution in [-0.4, -0.2) is 9.97 Å². The van der Waals surface area contributed by atoms with Crippen molar-refractivity contribution in [2.45, 2.75) is 13.5 Å². The number of hydrogen-bond acceptors (Lipinski definition) is 3. The summed E-state index contributed by atoms with van der Waals surface area (Å²) in [6.45, 7) is 2.49. The lowest BCUT2D eigenvalue weighted by molar-refractivity contribution is 1.05. The van der Waals surface area contributed by atoms with E-state index < -0.39 is 0 Å². The average molecular weight is 199 g/mol. The van der Waals surface area contributed by atoms with Crippen LogP contribution in [0.2, 0.25) is 0 Å². The highest BCUT2D eigenvalue weighted by Crippen LogP contribution is 2.19. The third-order valence-corrected chi connectivity index (χ3v) is 2.26. The van der Waals surface area contributed by atoms with Crippen LogP contribution in [0.3, 0.4) is 0 Å². The largest absolute Gasteiger partial charge is 0.326 e. The van der Waals surface area contributed by atoms with Gasteiger partial charge in [0.25, 0.3) is 0 Å². The SMILES string of the molecule is Cc1cc(-c2cncc(CN)c2)ccn1. The molecule has 2 heterocycles. The number of rotatable bonds is 2. The Labute approximate surface area is 89.0 Å². The second-order valence-corrected chi connectivity index (χ2v) is 3.47. The molecule has 0 amide bonds. The lowest BCUT2D eigenvalue weighted by atomic mass is 10.1. The zero-order valence-electron chi connectivity index (χ0n) is 8.64. The first-order chi connectivity index (χ1) is 7.29. The number of pyridine rings is 2. The third-order valence-electron chi connectivity index (χ3n) is 2.26. The van der Waals surface area contributed by atoms with Gasteiger partial charge >= 0.3 is 0 Å². The number of aromatic nitrogens is 2. The average Bonchev–Trinajstić information content (AvgIpc) is 2.29. The molecule has 2 N–H and O–H groups in total. The minimum atomic E-state index is 0.519. The second kappa shape index (κ2) is 4.19. The van der Waals surface area contributed by atoms with Crippen molar-refractivity contribution in [3.63, 3.8) is 0 Å². The van der Waals surface area contributed by atoms with E-state index in [1.807, 2.05) is 25.3 Å². The van der Waals surface area contributed by atoms with Crippen LogP contribution in [0.5, 0.6) is 0 Å². The van der Waals surface area contributed by atoms with Crippen molar-refractivity contribution in [1.82, 2.24) is 9.97 Å². The quantitative estimate of drug-likeness (QED) is 0.803. The second-order valence-electron chi connectivity index (χ2n) is 3.47. The molecular weight excluding hydrogens is 186 g/mol. The molecule has 0 atom stereocenters. The van der Waals surface area contributed by atoms with Gasteiger partial charge in [0.1, 0.15) is 0 Å². The fourth-order valence-electron chi connectivity index (χ4n) is 1.48. The van der Waals surface area contributed by atoms with Gasteiger partial charge in [-0.15, -0.1) is 0 Å². The van der Waals surface area contributed by atoms with Crippen LogP contribution in [0, 0.1) is 6.92 Å². The molecule has 0 spiro atoms. The first-order valence-electron chi connectivity index (χ1n) is 4.86. The molecule has 0 aliphatic carbocycles. The number of aryl methyl sites for hydroxylation is 1. The lowest BCUT2D eigenvalue weighted by Crippen LogP contribution is -1.97. The normalized spacial score (nSPS) is 10.3. The summed E-state index contributed by atoms with van der Waals surface area (Å²) in [6.07, 6.45) is 5.44. The summed E-state index contributed by atoms with van der Waals surface area (Å²) in [6, 6.07) is 6.07. The smallest absolute Gasteiger partial charge is 0.0378 e. The summed E-state index contributed by atoms with van der Waals surface area (Å²) in [5, 5.41) is 0. The molecular formula is C12H13N3. The third kappa shape index (κ3) is 2.19. The highest BCUT2D eigenvalue weighted by Gasteiger charge is 1.99. The molecule has 0 bridgehead atoms. The van der Waals surface area contributed by atoms with Gasteiger partial charge in [-0.1, -0.05) is 0 Å². The number of nitrogens with two attached hydrogens (primary N) is 1. The summed E-state index contributed by atoms with van der Waals surface area (Å²) < 4.78 is 0. The summed E-state index contributed by atoms with van der Waals surface area (Å²) in [4.78, 5) is 8.32. The summed E-state index contributed by atoms with van der Waals surface area (Å²) in [7, 11) is 0. The van der Waals surface area contributed by atoms with Crippen LogP contribution in [0.25, 0.3) is 11.1 Å². The van der Waals surface area contributed by atoms with Gasteiger partial charge in [-0.2, -0.15) is 0 Å². The first kappa shape index (κ1) is 9.80. The molecule has 3 heteroatoms. The Morgan fingerprint density at radius 1 is 1.20 bits per heavy atom. The highest BCUT2D eigenvalue weighted by molar-refractivity contribution is 5.62. The molecule has 2 aromatic heterocycles. The van der Waals surface area contributed by atoms with Gasteiger partial charge < -0.3 is 5.73 Å². The zero-order chi connectivity index (χ0) is 10.7. The van der Waals surface area contributed by atoms with E-state index in [1.54, 1.807) is 12.4 Å². The van der Waals surface area contributed by atoms with E-state index in [1.165, 1.54) is 0 Å². The number of hydrogen-bond donors (Lipinski definition) is 1. The maximum absolute atomic E-state index is 5.57. The molecule has 15 heavy (non-hydrogen) atoms. The van der Waals surface area contributed by atoms with Crippen molar-refractivity contribution < 1.29 is 0 Å². The first-order valence-corrected chi connectivity index (χ1v) is 4.86. The van der Waals surface area contributed by atoms with Crippen molar-refractivity contribution >= 4 is 0 Å². The van der Waals surface area contributed by atoms with Gasteiger partial charge in [0.2, 0.25) is 0 Å². The lowest BCUT2D eigenvalue weighted by Gasteiger charge is -2.03. The zero-order valence-corrected chi connectivity index (χ0v) is 8.64. The maximum atomic E-state index is 5.57. The molecule has 0 aliphatic heterocycles. The Hall–Kier alpha value is -1.74. The van der Waals surface area contributed by atoms with Crippen LogP contribution >= 0.6 is 0 Å². The Kier molecular flexibility index (Phi) is 2.74.